The molecule has 1 heterocycles. The Hall–Kier alpha value is -2.32. The molecule has 6 nitrogen and oxygen atoms in total. The van der Waals surface area contributed by atoms with Crippen molar-refractivity contribution in [3.63, 3.8) is 0 Å². The number of hydrogen-bond donors (Lipinski definition) is 0. The van der Waals surface area contributed by atoms with E-state index in [0.29, 0.717) is 23.9 Å². The Labute approximate surface area is 182 Å². The van der Waals surface area contributed by atoms with Gasteiger partial charge in [0.05, 0.1) is 11.5 Å². The van der Waals surface area contributed by atoms with E-state index in [4.69, 9.17) is 4.74 Å². The average Bonchev–Trinajstić information content (AvgIpc) is 3.15. The van der Waals surface area contributed by atoms with Gasteiger partial charge in [-0.2, -0.15) is 0 Å². The largest absolute Gasteiger partial charge is 0.494 e. The number of thioether (sulfide) groups is 1. The van der Waals surface area contributed by atoms with E-state index in [0.717, 1.165) is 29.5 Å². The van der Waals surface area contributed by atoms with E-state index in [9.17, 15) is 8.42 Å². The molecule has 0 spiro atoms. The van der Waals surface area contributed by atoms with Crippen LogP contribution in [0.25, 0.3) is 0 Å². The number of ether oxygens (including phenoxy) is 1. The number of nitrogens with zero attached hydrogens (tertiary/aromatic N) is 3. The SMILES string of the molecule is CCc1ccc(OCCCSc2nnc(CS(=O)(=O)c3ccccc3)n2CC)cc1. The summed E-state index contributed by atoms with van der Waals surface area (Å²) in [6, 6.07) is 16.6. The van der Waals surface area contributed by atoms with Gasteiger partial charge in [0.2, 0.25) is 0 Å². The third kappa shape index (κ3) is 5.86. The second kappa shape index (κ2) is 10.6. The lowest BCUT2D eigenvalue weighted by Crippen LogP contribution is -2.11. The third-order valence-corrected chi connectivity index (χ3v) is 7.33. The minimum Gasteiger partial charge on any atom is -0.494 e. The van der Waals surface area contributed by atoms with Crippen molar-refractivity contribution in [2.75, 3.05) is 12.4 Å². The summed E-state index contributed by atoms with van der Waals surface area (Å²) in [4.78, 5) is 0.300. The van der Waals surface area contributed by atoms with Crippen molar-refractivity contribution in [3.8, 4) is 5.75 Å². The van der Waals surface area contributed by atoms with E-state index in [1.54, 1.807) is 42.1 Å². The molecule has 0 aliphatic rings. The molecular formula is C22H27N3O3S2. The highest BCUT2D eigenvalue weighted by atomic mass is 32.2. The Morgan fingerprint density at radius 1 is 1.00 bits per heavy atom. The molecule has 30 heavy (non-hydrogen) atoms. The number of benzene rings is 2. The van der Waals surface area contributed by atoms with Crippen LogP contribution in [0.5, 0.6) is 5.75 Å². The van der Waals surface area contributed by atoms with Crippen LogP contribution in [0.4, 0.5) is 0 Å². The summed E-state index contributed by atoms with van der Waals surface area (Å²) in [6.07, 6.45) is 1.87. The quantitative estimate of drug-likeness (QED) is 0.322. The molecule has 0 radical (unpaired) electrons. The Bertz CT molecular complexity index is 1030. The smallest absolute Gasteiger partial charge is 0.191 e. The standard InChI is InChI=1S/C22H27N3O3S2/c1-3-18-11-13-19(14-12-18)28-15-8-16-29-22-24-23-21(25(22)4-2)17-30(26,27)20-9-6-5-7-10-20/h5-7,9-14H,3-4,8,15-17H2,1-2H3. The topological polar surface area (TPSA) is 74.1 Å². The van der Waals surface area contributed by atoms with Gasteiger partial charge in [-0.05, 0) is 49.6 Å². The maximum Gasteiger partial charge on any atom is 0.191 e. The van der Waals surface area contributed by atoms with Gasteiger partial charge < -0.3 is 9.30 Å². The van der Waals surface area contributed by atoms with Gasteiger partial charge in [-0.3, -0.25) is 0 Å². The highest BCUT2D eigenvalue weighted by Crippen LogP contribution is 2.21. The first-order valence-electron chi connectivity index (χ1n) is 10.1. The molecule has 0 fully saturated rings. The second-order valence-corrected chi connectivity index (χ2v) is 9.81. The van der Waals surface area contributed by atoms with E-state index < -0.39 is 9.84 Å². The Balaban J connectivity index is 1.52. The van der Waals surface area contributed by atoms with Gasteiger partial charge in [0.1, 0.15) is 17.3 Å². The van der Waals surface area contributed by atoms with Crippen molar-refractivity contribution < 1.29 is 13.2 Å². The van der Waals surface area contributed by atoms with E-state index in [1.165, 1.54) is 5.56 Å². The van der Waals surface area contributed by atoms with Crippen molar-refractivity contribution in [2.45, 2.75) is 49.0 Å². The first-order valence-corrected chi connectivity index (χ1v) is 12.7. The predicted octanol–water partition coefficient (Wildman–Crippen LogP) is 4.40. The molecule has 0 N–H and O–H groups in total. The van der Waals surface area contributed by atoms with Crippen LogP contribution in [0.1, 0.15) is 31.7 Å². The van der Waals surface area contributed by atoms with Gasteiger partial charge in [-0.25, -0.2) is 8.42 Å². The summed E-state index contributed by atoms with van der Waals surface area (Å²) in [5, 5.41) is 9.09. The van der Waals surface area contributed by atoms with Crippen LogP contribution in [-0.4, -0.2) is 35.5 Å². The summed E-state index contributed by atoms with van der Waals surface area (Å²) in [5.74, 6) is 2.00. The molecule has 0 saturated heterocycles. The van der Waals surface area contributed by atoms with Crippen LogP contribution >= 0.6 is 11.8 Å². The molecule has 0 amide bonds. The molecule has 0 aliphatic carbocycles. The monoisotopic (exact) mass is 445 g/mol. The predicted molar refractivity (Wildman–Crippen MR) is 120 cm³/mol. The van der Waals surface area contributed by atoms with Gasteiger partial charge in [-0.1, -0.05) is 49.0 Å². The van der Waals surface area contributed by atoms with E-state index in [1.807, 2.05) is 23.6 Å². The summed E-state index contributed by atoms with van der Waals surface area (Å²) in [7, 11) is -3.45. The molecule has 0 saturated carbocycles. The number of rotatable bonds is 11. The number of sulfone groups is 1. The van der Waals surface area contributed by atoms with Crippen molar-refractivity contribution in [2.24, 2.45) is 0 Å². The fraction of sp³-hybridized carbons (Fsp3) is 0.364. The average molecular weight is 446 g/mol. The van der Waals surface area contributed by atoms with Crippen LogP contribution in [0.2, 0.25) is 0 Å². The zero-order valence-electron chi connectivity index (χ0n) is 17.3. The first kappa shape index (κ1) is 22.4. The highest BCUT2D eigenvalue weighted by Gasteiger charge is 2.20. The molecule has 0 atom stereocenters. The van der Waals surface area contributed by atoms with Gasteiger partial charge in [0.15, 0.2) is 15.0 Å². The molecule has 3 aromatic rings. The van der Waals surface area contributed by atoms with Crippen LogP contribution in [0.3, 0.4) is 0 Å². The minimum atomic E-state index is -3.45. The molecule has 1 aromatic heterocycles. The van der Waals surface area contributed by atoms with Crippen LogP contribution < -0.4 is 4.74 Å². The second-order valence-electron chi connectivity index (χ2n) is 6.76. The van der Waals surface area contributed by atoms with Crippen molar-refractivity contribution >= 4 is 21.6 Å². The lowest BCUT2D eigenvalue weighted by Gasteiger charge is -2.09. The van der Waals surface area contributed by atoms with Gasteiger partial charge in [-0.15, -0.1) is 10.2 Å². The number of aromatic nitrogens is 3. The molecular weight excluding hydrogens is 418 g/mol. The molecule has 8 heteroatoms. The summed E-state index contributed by atoms with van der Waals surface area (Å²) in [5.41, 5.74) is 1.29. The lowest BCUT2D eigenvalue weighted by molar-refractivity contribution is 0.318. The normalized spacial score (nSPS) is 11.5. The van der Waals surface area contributed by atoms with Crippen LogP contribution in [-0.2, 0) is 28.6 Å². The summed E-state index contributed by atoms with van der Waals surface area (Å²) >= 11 is 1.57. The molecule has 2 aromatic carbocycles. The lowest BCUT2D eigenvalue weighted by atomic mass is 10.2. The van der Waals surface area contributed by atoms with E-state index in [2.05, 4.69) is 29.3 Å². The first-order chi connectivity index (χ1) is 14.5. The van der Waals surface area contributed by atoms with Crippen LogP contribution in [0.15, 0.2) is 64.6 Å². The van der Waals surface area contributed by atoms with E-state index in [-0.39, 0.29) is 5.75 Å². The molecule has 0 unspecified atom stereocenters. The highest BCUT2D eigenvalue weighted by molar-refractivity contribution is 7.99. The summed E-state index contributed by atoms with van der Waals surface area (Å²) < 4.78 is 33.0. The fourth-order valence-electron chi connectivity index (χ4n) is 2.97. The van der Waals surface area contributed by atoms with E-state index >= 15 is 0 Å². The van der Waals surface area contributed by atoms with Gasteiger partial charge in [0, 0.05) is 12.3 Å². The maximum absolute atomic E-state index is 12.6. The van der Waals surface area contributed by atoms with Crippen molar-refractivity contribution in [1.29, 1.82) is 0 Å². The Morgan fingerprint density at radius 3 is 2.40 bits per heavy atom. The molecule has 3 rings (SSSR count). The minimum absolute atomic E-state index is 0.157. The number of aryl methyl sites for hydroxylation is 1. The van der Waals surface area contributed by atoms with Crippen molar-refractivity contribution in [3.05, 3.63) is 66.0 Å². The van der Waals surface area contributed by atoms with Crippen molar-refractivity contribution in [1.82, 2.24) is 14.8 Å². The molecule has 0 bridgehead atoms. The zero-order valence-corrected chi connectivity index (χ0v) is 19.0. The fourth-order valence-corrected chi connectivity index (χ4v) is 5.19. The maximum atomic E-state index is 12.6. The Morgan fingerprint density at radius 2 is 1.73 bits per heavy atom. The number of hydrogen-bond acceptors (Lipinski definition) is 6. The van der Waals surface area contributed by atoms with Gasteiger partial charge >= 0.3 is 0 Å². The molecule has 0 aliphatic heterocycles. The summed E-state index contributed by atoms with van der Waals surface area (Å²) in [6.45, 7) is 5.34. The zero-order chi connectivity index (χ0) is 21.4. The van der Waals surface area contributed by atoms with Crippen LogP contribution in [0, 0.1) is 0 Å². The Kier molecular flexibility index (Phi) is 7.93. The van der Waals surface area contributed by atoms with Gasteiger partial charge in [0.25, 0.3) is 0 Å². The third-order valence-electron chi connectivity index (χ3n) is 4.65. The molecule has 160 valence electrons.